The number of nitrogens with one attached hydrogen (secondary N) is 1. The van der Waals surface area contributed by atoms with Crippen molar-refractivity contribution in [3.63, 3.8) is 0 Å². The van der Waals surface area contributed by atoms with Crippen molar-refractivity contribution >= 4 is 23.4 Å². The maximum absolute atomic E-state index is 12.4. The Morgan fingerprint density at radius 3 is 2.74 bits per heavy atom. The third-order valence-electron chi connectivity index (χ3n) is 3.60. The lowest BCUT2D eigenvalue weighted by molar-refractivity contribution is -0.121. The van der Waals surface area contributed by atoms with Crippen LogP contribution in [-0.4, -0.2) is 35.6 Å². The lowest BCUT2D eigenvalue weighted by Crippen LogP contribution is -2.45. The lowest BCUT2D eigenvalue weighted by atomic mass is 9.97. The maximum Gasteiger partial charge on any atom is 0.410 e. The summed E-state index contributed by atoms with van der Waals surface area (Å²) in [4.78, 5) is 26.2. The Morgan fingerprint density at radius 1 is 1.35 bits per heavy atom. The Labute approximate surface area is 137 Å². The van der Waals surface area contributed by atoms with Gasteiger partial charge in [-0.05, 0) is 51.8 Å². The van der Waals surface area contributed by atoms with E-state index in [1.165, 1.54) is 0 Å². The molecule has 0 saturated carbocycles. The second kappa shape index (κ2) is 6.89. The molecule has 1 saturated heterocycles. The average Bonchev–Trinajstić information content (AvgIpc) is 2.45. The summed E-state index contributed by atoms with van der Waals surface area (Å²) in [6.45, 7) is 6.50. The monoisotopic (exact) mass is 319 g/mol. The molecule has 0 aliphatic carbocycles. The highest BCUT2D eigenvalue weighted by atomic mass is 16.6. The Hall–Kier alpha value is -2.24. The van der Waals surface area contributed by atoms with Gasteiger partial charge < -0.3 is 20.7 Å². The predicted molar refractivity (Wildman–Crippen MR) is 90.0 cm³/mol. The van der Waals surface area contributed by atoms with Gasteiger partial charge in [-0.2, -0.15) is 0 Å². The van der Waals surface area contributed by atoms with E-state index < -0.39 is 5.60 Å². The highest BCUT2D eigenvalue weighted by Gasteiger charge is 2.31. The van der Waals surface area contributed by atoms with E-state index in [1.807, 2.05) is 20.8 Å². The maximum atomic E-state index is 12.4. The van der Waals surface area contributed by atoms with Crippen LogP contribution in [0.15, 0.2) is 24.3 Å². The minimum Gasteiger partial charge on any atom is -0.444 e. The van der Waals surface area contributed by atoms with Gasteiger partial charge in [-0.25, -0.2) is 4.79 Å². The van der Waals surface area contributed by atoms with Crippen LogP contribution in [0, 0.1) is 5.92 Å². The SMILES string of the molecule is CC(C)(C)OC(=O)N1CCCC(C(=O)Nc2cccc(N)c2)C1. The summed E-state index contributed by atoms with van der Waals surface area (Å²) >= 11 is 0. The number of nitrogens with two attached hydrogens (primary N) is 1. The first-order valence-corrected chi connectivity index (χ1v) is 7.89. The van der Waals surface area contributed by atoms with Crippen LogP contribution in [-0.2, 0) is 9.53 Å². The number of hydrogen-bond donors (Lipinski definition) is 2. The minimum atomic E-state index is -0.534. The zero-order valence-corrected chi connectivity index (χ0v) is 14.0. The fourth-order valence-electron chi connectivity index (χ4n) is 2.54. The highest BCUT2D eigenvalue weighted by Crippen LogP contribution is 2.21. The zero-order valence-electron chi connectivity index (χ0n) is 14.0. The van der Waals surface area contributed by atoms with Crippen LogP contribution in [0.25, 0.3) is 0 Å². The number of amides is 2. The van der Waals surface area contributed by atoms with E-state index in [9.17, 15) is 9.59 Å². The Bertz CT molecular complexity index is 581. The molecule has 0 aromatic heterocycles. The predicted octanol–water partition coefficient (Wildman–Crippen LogP) is 2.85. The first kappa shape index (κ1) is 17.1. The summed E-state index contributed by atoms with van der Waals surface area (Å²) in [7, 11) is 0. The van der Waals surface area contributed by atoms with E-state index in [4.69, 9.17) is 10.5 Å². The molecule has 1 aliphatic rings. The van der Waals surface area contributed by atoms with Gasteiger partial charge in [-0.1, -0.05) is 6.07 Å². The van der Waals surface area contributed by atoms with Crippen molar-refractivity contribution < 1.29 is 14.3 Å². The zero-order chi connectivity index (χ0) is 17.0. The molecule has 0 radical (unpaired) electrons. The summed E-state index contributed by atoms with van der Waals surface area (Å²) in [6.07, 6.45) is 1.18. The van der Waals surface area contributed by atoms with Crippen molar-refractivity contribution in [2.45, 2.75) is 39.2 Å². The second-order valence-corrected chi connectivity index (χ2v) is 6.88. The first-order valence-electron chi connectivity index (χ1n) is 7.89. The smallest absolute Gasteiger partial charge is 0.410 e. The molecule has 1 atom stereocenters. The number of benzene rings is 1. The molecule has 6 heteroatoms. The van der Waals surface area contributed by atoms with E-state index in [2.05, 4.69) is 5.32 Å². The molecule has 1 aliphatic heterocycles. The number of rotatable bonds is 2. The molecule has 0 bridgehead atoms. The number of nitrogens with zero attached hydrogens (tertiary/aromatic N) is 1. The van der Waals surface area contributed by atoms with Crippen molar-refractivity contribution in [3.8, 4) is 0 Å². The molecule has 23 heavy (non-hydrogen) atoms. The molecule has 126 valence electrons. The summed E-state index contributed by atoms with van der Waals surface area (Å²) < 4.78 is 5.38. The number of hydrogen-bond acceptors (Lipinski definition) is 4. The Kier molecular flexibility index (Phi) is 5.13. The van der Waals surface area contributed by atoms with Crippen LogP contribution in [0.4, 0.5) is 16.2 Å². The number of carbonyl (C=O) groups is 2. The molecule has 1 heterocycles. The van der Waals surface area contributed by atoms with Crippen molar-refractivity contribution in [2.75, 3.05) is 24.1 Å². The van der Waals surface area contributed by atoms with Gasteiger partial charge in [0.25, 0.3) is 0 Å². The third-order valence-corrected chi connectivity index (χ3v) is 3.60. The minimum absolute atomic E-state index is 0.0936. The van der Waals surface area contributed by atoms with Gasteiger partial charge in [0.1, 0.15) is 5.60 Å². The van der Waals surface area contributed by atoms with Gasteiger partial charge in [0.05, 0.1) is 5.92 Å². The van der Waals surface area contributed by atoms with Crippen LogP contribution in [0.1, 0.15) is 33.6 Å². The third kappa shape index (κ3) is 5.16. The standard InChI is InChI=1S/C17H25N3O3/c1-17(2,3)23-16(22)20-9-5-6-12(11-20)15(21)19-14-8-4-7-13(18)10-14/h4,7-8,10,12H,5-6,9,11,18H2,1-3H3,(H,19,21). The molecule has 0 spiro atoms. The highest BCUT2D eigenvalue weighted by molar-refractivity contribution is 5.93. The molecular formula is C17H25N3O3. The topological polar surface area (TPSA) is 84.7 Å². The van der Waals surface area contributed by atoms with Crippen LogP contribution in [0.2, 0.25) is 0 Å². The van der Waals surface area contributed by atoms with Crippen molar-refractivity contribution in [1.29, 1.82) is 0 Å². The molecule has 2 rings (SSSR count). The molecule has 6 nitrogen and oxygen atoms in total. The van der Waals surface area contributed by atoms with Crippen LogP contribution >= 0.6 is 0 Å². The normalized spacial score (nSPS) is 18.4. The van der Waals surface area contributed by atoms with Crippen molar-refractivity contribution in [3.05, 3.63) is 24.3 Å². The molecule has 3 N–H and O–H groups in total. The number of likely N-dealkylation sites (tertiary alicyclic amines) is 1. The first-order chi connectivity index (χ1) is 10.7. The second-order valence-electron chi connectivity index (χ2n) is 6.88. The largest absolute Gasteiger partial charge is 0.444 e. The Morgan fingerprint density at radius 2 is 2.09 bits per heavy atom. The number of ether oxygens (including phenoxy) is 1. The van der Waals surface area contributed by atoms with Crippen LogP contribution in [0.3, 0.4) is 0 Å². The van der Waals surface area contributed by atoms with E-state index in [-0.39, 0.29) is 17.9 Å². The van der Waals surface area contributed by atoms with Crippen molar-refractivity contribution in [1.82, 2.24) is 4.90 Å². The Balaban J connectivity index is 1.95. The molecule has 2 amide bonds. The lowest BCUT2D eigenvalue weighted by Gasteiger charge is -2.33. The van der Waals surface area contributed by atoms with E-state index >= 15 is 0 Å². The molecule has 1 aromatic rings. The van der Waals surface area contributed by atoms with Gasteiger partial charge in [-0.3, -0.25) is 4.79 Å². The van der Waals surface area contributed by atoms with Crippen molar-refractivity contribution in [2.24, 2.45) is 5.92 Å². The summed E-state index contributed by atoms with van der Waals surface area (Å²) in [6, 6.07) is 7.06. The van der Waals surface area contributed by atoms with E-state index in [1.54, 1.807) is 29.2 Å². The van der Waals surface area contributed by atoms with Gasteiger partial charge >= 0.3 is 6.09 Å². The van der Waals surface area contributed by atoms with Gasteiger partial charge in [0, 0.05) is 24.5 Å². The van der Waals surface area contributed by atoms with E-state index in [0.29, 0.717) is 24.5 Å². The summed E-state index contributed by atoms with van der Waals surface area (Å²) in [5.41, 5.74) is 6.45. The quantitative estimate of drug-likeness (QED) is 0.821. The van der Waals surface area contributed by atoms with Gasteiger partial charge in [0.15, 0.2) is 0 Å². The number of anilines is 2. The number of nitrogen functional groups attached to an aromatic ring is 1. The molecule has 1 unspecified atom stereocenters. The molecule has 1 aromatic carbocycles. The summed E-state index contributed by atoms with van der Waals surface area (Å²) in [5.74, 6) is -0.332. The fourth-order valence-corrected chi connectivity index (χ4v) is 2.54. The molecule has 1 fully saturated rings. The number of piperidine rings is 1. The van der Waals surface area contributed by atoms with Crippen LogP contribution < -0.4 is 11.1 Å². The van der Waals surface area contributed by atoms with E-state index in [0.717, 1.165) is 12.8 Å². The summed E-state index contributed by atoms with van der Waals surface area (Å²) in [5, 5.41) is 2.86. The molecular weight excluding hydrogens is 294 g/mol. The average molecular weight is 319 g/mol. The number of carbonyl (C=O) groups excluding carboxylic acids is 2. The van der Waals surface area contributed by atoms with Gasteiger partial charge in [-0.15, -0.1) is 0 Å². The van der Waals surface area contributed by atoms with Gasteiger partial charge in [0.2, 0.25) is 5.91 Å². The van der Waals surface area contributed by atoms with Crippen LogP contribution in [0.5, 0.6) is 0 Å². The fraction of sp³-hybridized carbons (Fsp3) is 0.529.